The third kappa shape index (κ3) is 4.13. The predicted molar refractivity (Wildman–Crippen MR) is 114 cm³/mol. The van der Waals surface area contributed by atoms with E-state index in [0.717, 1.165) is 24.1 Å². The molecule has 1 aromatic heterocycles. The molecule has 1 aliphatic rings. The summed E-state index contributed by atoms with van der Waals surface area (Å²) in [5.74, 6) is -0.602. The minimum atomic E-state index is -0.271. The molecule has 0 aliphatic carbocycles. The van der Waals surface area contributed by atoms with E-state index in [1.807, 2.05) is 60.7 Å². The second-order valence-corrected chi connectivity index (χ2v) is 7.38. The van der Waals surface area contributed by atoms with Gasteiger partial charge in [0.1, 0.15) is 5.69 Å². The highest BCUT2D eigenvalue weighted by Gasteiger charge is 2.31. The molecule has 0 spiro atoms. The van der Waals surface area contributed by atoms with Gasteiger partial charge in [-0.15, -0.1) is 0 Å². The number of esters is 1. The van der Waals surface area contributed by atoms with Crippen molar-refractivity contribution in [3.63, 3.8) is 0 Å². The fourth-order valence-corrected chi connectivity index (χ4v) is 3.84. The number of likely N-dealkylation sites (tertiary alicyclic amines) is 1. The topological polar surface area (TPSA) is 64.4 Å². The summed E-state index contributed by atoms with van der Waals surface area (Å²) in [6.45, 7) is 3.15. The van der Waals surface area contributed by atoms with E-state index >= 15 is 0 Å². The number of piperidine rings is 1. The first kappa shape index (κ1) is 19.9. The van der Waals surface area contributed by atoms with Gasteiger partial charge in [-0.25, -0.2) is 4.68 Å². The van der Waals surface area contributed by atoms with Gasteiger partial charge in [0, 0.05) is 24.8 Å². The van der Waals surface area contributed by atoms with Crippen molar-refractivity contribution in [3.8, 4) is 16.9 Å². The van der Waals surface area contributed by atoms with Crippen LogP contribution in [0.1, 0.15) is 30.1 Å². The van der Waals surface area contributed by atoms with Crippen LogP contribution < -0.4 is 0 Å². The molecular weight excluding hydrogens is 378 g/mol. The molecule has 30 heavy (non-hydrogen) atoms. The van der Waals surface area contributed by atoms with Crippen LogP contribution in [0.25, 0.3) is 16.9 Å². The molecule has 1 fully saturated rings. The minimum Gasteiger partial charge on any atom is -0.466 e. The van der Waals surface area contributed by atoms with Gasteiger partial charge in [-0.2, -0.15) is 5.10 Å². The fraction of sp³-hybridized carbons (Fsp3) is 0.292. The summed E-state index contributed by atoms with van der Waals surface area (Å²) in [4.78, 5) is 27.4. The summed E-state index contributed by atoms with van der Waals surface area (Å²) in [7, 11) is 0. The van der Waals surface area contributed by atoms with Crippen molar-refractivity contribution >= 4 is 11.9 Å². The zero-order valence-corrected chi connectivity index (χ0v) is 17.0. The number of para-hydroxylation sites is 1. The monoisotopic (exact) mass is 403 g/mol. The van der Waals surface area contributed by atoms with E-state index in [9.17, 15) is 9.59 Å². The standard InChI is InChI=1S/C24H25N3O3/c1-2-30-24(29)19-12-9-15-26(16-19)23(28)21-17-27(20-13-7-4-8-14-20)25-22(21)18-10-5-3-6-11-18/h3-8,10-11,13-14,17,19H,2,9,12,15-16H2,1H3. The number of carbonyl (C=O) groups excluding carboxylic acids is 2. The van der Waals surface area contributed by atoms with Crippen LogP contribution in [0.2, 0.25) is 0 Å². The van der Waals surface area contributed by atoms with Crippen LogP contribution in [0.15, 0.2) is 66.9 Å². The van der Waals surface area contributed by atoms with Crippen molar-refractivity contribution in [1.82, 2.24) is 14.7 Å². The molecule has 3 aromatic rings. The SMILES string of the molecule is CCOC(=O)C1CCCN(C(=O)c2cn(-c3ccccc3)nc2-c2ccccc2)C1. The predicted octanol–water partition coefficient (Wildman–Crippen LogP) is 3.95. The Kier molecular flexibility index (Phi) is 5.93. The van der Waals surface area contributed by atoms with Crippen LogP contribution in [0.5, 0.6) is 0 Å². The van der Waals surface area contributed by atoms with Gasteiger partial charge in [0.15, 0.2) is 0 Å². The number of aromatic nitrogens is 2. The molecule has 4 rings (SSSR count). The van der Waals surface area contributed by atoms with Crippen LogP contribution in [-0.4, -0.2) is 46.3 Å². The number of ether oxygens (including phenoxy) is 1. The Balaban J connectivity index is 1.67. The van der Waals surface area contributed by atoms with E-state index < -0.39 is 0 Å². The first-order valence-corrected chi connectivity index (χ1v) is 10.3. The second-order valence-electron chi connectivity index (χ2n) is 7.38. The van der Waals surface area contributed by atoms with E-state index in [4.69, 9.17) is 9.84 Å². The van der Waals surface area contributed by atoms with E-state index in [2.05, 4.69) is 0 Å². The number of hydrogen-bond donors (Lipinski definition) is 0. The summed E-state index contributed by atoms with van der Waals surface area (Å²) in [5.41, 5.74) is 2.95. The van der Waals surface area contributed by atoms with Crippen LogP contribution in [0, 0.1) is 5.92 Å². The fourth-order valence-electron chi connectivity index (χ4n) is 3.84. The number of nitrogens with zero attached hydrogens (tertiary/aromatic N) is 3. The number of benzene rings is 2. The van der Waals surface area contributed by atoms with Crippen LogP contribution >= 0.6 is 0 Å². The zero-order valence-electron chi connectivity index (χ0n) is 17.0. The summed E-state index contributed by atoms with van der Waals surface area (Å²) >= 11 is 0. The molecule has 1 aliphatic heterocycles. The number of hydrogen-bond acceptors (Lipinski definition) is 4. The van der Waals surface area contributed by atoms with Gasteiger partial charge in [-0.3, -0.25) is 9.59 Å². The molecule has 1 saturated heterocycles. The highest BCUT2D eigenvalue weighted by Crippen LogP contribution is 2.27. The van der Waals surface area contributed by atoms with E-state index in [1.54, 1.807) is 22.7 Å². The highest BCUT2D eigenvalue weighted by atomic mass is 16.5. The maximum atomic E-state index is 13.5. The van der Waals surface area contributed by atoms with Crippen molar-refractivity contribution in [1.29, 1.82) is 0 Å². The molecule has 1 unspecified atom stereocenters. The molecule has 2 aromatic carbocycles. The Bertz CT molecular complexity index is 1010. The van der Waals surface area contributed by atoms with Crippen molar-refractivity contribution in [3.05, 3.63) is 72.4 Å². The first-order valence-electron chi connectivity index (χ1n) is 10.3. The molecule has 1 amide bonds. The summed E-state index contributed by atoms with van der Waals surface area (Å²) in [6.07, 6.45) is 3.31. The highest BCUT2D eigenvalue weighted by molar-refractivity contribution is 6.00. The van der Waals surface area contributed by atoms with Crippen molar-refractivity contribution in [2.75, 3.05) is 19.7 Å². The van der Waals surface area contributed by atoms with Crippen molar-refractivity contribution < 1.29 is 14.3 Å². The maximum Gasteiger partial charge on any atom is 0.310 e. The molecule has 0 saturated carbocycles. The van der Waals surface area contributed by atoms with Gasteiger partial charge < -0.3 is 9.64 Å². The van der Waals surface area contributed by atoms with Crippen LogP contribution in [-0.2, 0) is 9.53 Å². The zero-order chi connectivity index (χ0) is 20.9. The van der Waals surface area contributed by atoms with Gasteiger partial charge in [-0.1, -0.05) is 48.5 Å². The molecule has 154 valence electrons. The molecule has 1 atom stereocenters. The van der Waals surface area contributed by atoms with Gasteiger partial charge in [0.2, 0.25) is 0 Å². The Morgan fingerprint density at radius 3 is 2.47 bits per heavy atom. The second kappa shape index (κ2) is 8.95. The molecule has 0 N–H and O–H groups in total. The number of rotatable bonds is 5. The molecule has 0 bridgehead atoms. The smallest absolute Gasteiger partial charge is 0.310 e. The lowest BCUT2D eigenvalue weighted by Gasteiger charge is -2.31. The lowest BCUT2D eigenvalue weighted by molar-refractivity contribution is -0.149. The average Bonchev–Trinajstić information content (AvgIpc) is 3.25. The Morgan fingerprint density at radius 2 is 1.77 bits per heavy atom. The van der Waals surface area contributed by atoms with E-state index in [-0.39, 0.29) is 17.8 Å². The van der Waals surface area contributed by atoms with Gasteiger partial charge >= 0.3 is 5.97 Å². The molecule has 6 heteroatoms. The van der Waals surface area contributed by atoms with Crippen LogP contribution in [0.4, 0.5) is 0 Å². The van der Waals surface area contributed by atoms with E-state index in [1.165, 1.54) is 0 Å². The number of amides is 1. The molecule has 2 heterocycles. The largest absolute Gasteiger partial charge is 0.466 e. The normalized spacial score (nSPS) is 16.3. The van der Waals surface area contributed by atoms with Crippen molar-refractivity contribution in [2.45, 2.75) is 19.8 Å². The molecule has 0 radical (unpaired) electrons. The molecule has 6 nitrogen and oxygen atoms in total. The number of carbonyl (C=O) groups is 2. The average molecular weight is 403 g/mol. The Morgan fingerprint density at radius 1 is 1.07 bits per heavy atom. The maximum absolute atomic E-state index is 13.5. The minimum absolute atomic E-state index is 0.106. The lowest BCUT2D eigenvalue weighted by Crippen LogP contribution is -2.42. The lowest BCUT2D eigenvalue weighted by atomic mass is 9.97. The Labute approximate surface area is 176 Å². The van der Waals surface area contributed by atoms with E-state index in [0.29, 0.717) is 31.0 Å². The van der Waals surface area contributed by atoms with Gasteiger partial charge in [0.05, 0.1) is 23.8 Å². The summed E-state index contributed by atoms with van der Waals surface area (Å²) in [6, 6.07) is 19.4. The Hall–Kier alpha value is -3.41. The van der Waals surface area contributed by atoms with Crippen LogP contribution in [0.3, 0.4) is 0 Å². The van der Waals surface area contributed by atoms with Gasteiger partial charge in [0.25, 0.3) is 5.91 Å². The quantitative estimate of drug-likeness (QED) is 0.605. The third-order valence-corrected chi connectivity index (χ3v) is 5.34. The molecular formula is C24H25N3O3. The van der Waals surface area contributed by atoms with Gasteiger partial charge in [-0.05, 0) is 31.9 Å². The summed E-state index contributed by atoms with van der Waals surface area (Å²) in [5, 5.41) is 4.73. The summed E-state index contributed by atoms with van der Waals surface area (Å²) < 4.78 is 6.92. The van der Waals surface area contributed by atoms with Crippen molar-refractivity contribution in [2.24, 2.45) is 5.92 Å². The third-order valence-electron chi connectivity index (χ3n) is 5.34. The first-order chi connectivity index (χ1) is 14.7.